The van der Waals surface area contributed by atoms with Gasteiger partial charge in [0.1, 0.15) is 12.4 Å². The molecule has 4 heteroatoms. The Labute approximate surface area is 197 Å². The third kappa shape index (κ3) is 7.90. The number of anilines is 2. The van der Waals surface area contributed by atoms with Gasteiger partial charge in [-0.1, -0.05) is 60.5 Å². The molecule has 0 aromatic heterocycles. The Bertz CT molecular complexity index is 1110. The summed E-state index contributed by atoms with van der Waals surface area (Å²) in [4.78, 5) is 0. The molecular formula is C29H31N3O. The average Bonchev–Trinajstić information content (AvgIpc) is 2.82. The molecule has 3 aromatic carbocycles. The van der Waals surface area contributed by atoms with Gasteiger partial charge in [0.2, 0.25) is 0 Å². The van der Waals surface area contributed by atoms with Crippen molar-refractivity contribution in [1.29, 1.82) is 0 Å². The fraction of sp³-hybridized carbons (Fsp3) is 0.207. The highest BCUT2D eigenvalue weighted by atomic mass is 16.5. The Morgan fingerprint density at radius 3 is 2.42 bits per heavy atom. The van der Waals surface area contributed by atoms with E-state index in [0.29, 0.717) is 12.5 Å². The second-order valence-electron chi connectivity index (χ2n) is 8.21. The van der Waals surface area contributed by atoms with Crippen LogP contribution in [0.3, 0.4) is 0 Å². The van der Waals surface area contributed by atoms with Gasteiger partial charge in [-0.05, 0) is 68.0 Å². The molecule has 2 N–H and O–H groups in total. The van der Waals surface area contributed by atoms with E-state index in [4.69, 9.17) is 11.2 Å². The summed E-state index contributed by atoms with van der Waals surface area (Å²) in [6, 6.07) is 29.0. The van der Waals surface area contributed by atoms with Gasteiger partial charge in [0, 0.05) is 29.2 Å². The van der Waals surface area contributed by atoms with Gasteiger partial charge in [-0.25, -0.2) is 5.43 Å². The van der Waals surface area contributed by atoms with E-state index in [9.17, 15) is 0 Å². The molecule has 0 heterocycles. The molecule has 0 fully saturated rings. The highest BCUT2D eigenvalue weighted by Crippen LogP contribution is 2.29. The zero-order valence-corrected chi connectivity index (χ0v) is 19.3. The zero-order valence-electron chi connectivity index (χ0n) is 19.3. The smallest absolute Gasteiger partial charge is 0.121 e. The molecule has 0 spiro atoms. The lowest BCUT2D eigenvalue weighted by molar-refractivity contribution is 0.306. The van der Waals surface area contributed by atoms with Gasteiger partial charge in [-0.2, -0.15) is 5.10 Å². The molecule has 0 amide bonds. The summed E-state index contributed by atoms with van der Waals surface area (Å²) in [6.07, 6.45) is 6.95. The van der Waals surface area contributed by atoms with Crippen molar-refractivity contribution >= 4 is 17.1 Å². The highest BCUT2D eigenvalue weighted by Gasteiger charge is 2.14. The Morgan fingerprint density at radius 2 is 1.73 bits per heavy atom. The first-order chi connectivity index (χ1) is 16.0. The van der Waals surface area contributed by atoms with Crippen molar-refractivity contribution < 1.29 is 4.74 Å². The SMILES string of the molecule is C#CN/N=C(/C)CC(CC(=C)C)c1ccc(Nc2cccc(OCc3ccccc3)c2)cc1. The molecule has 3 aromatic rings. The van der Waals surface area contributed by atoms with E-state index in [-0.39, 0.29) is 0 Å². The van der Waals surface area contributed by atoms with Gasteiger partial charge in [0.15, 0.2) is 0 Å². The first-order valence-corrected chi connectivity index (χ1v) is 11.1. The molecule has 3 rings (SSSR count). The highest BCUT2D eigenvalue weighted by molar-refractivity contribution is 5.82. The molecule has 0 aliphatic carbocycles. The molecule has 1 unspecified atom stereocenters. The van der Waals surface area contributed by atoms with Crippen LogP contribution in [0, 0.1) is 12.5 Å². The summed E-state index contributed by atoms with van der Waals surface area (Å²) in [6.45, 7) is 8.68. The van der Waals surface area contributed by atoms with Gasteiger partial charge in [-0.3, -0.25) is 0 Å². The molecule has 168 valence electrons. The van der Waals surface area contributed by atoms with Gasteiger partial charge in [0.05, 0.1) is 0 Å². The predicted octanol–water partition coefficient (Wildman–Crippen LogP) is 7.01. The van der Waals surface area contributed by atoms with E-state index >= 15 is 0 Å². The second-order valence-corrected chi connectivity index (χ2v) is 8.21. The van der Waals surface area contributed by atoms with Crippen molar-refractivity contribution in [2.45, 2.75) is 39.2 Å². The first kappa shape index (κ1) is 23.7. The standard InChI is InChI=1S/C29H31N3O/c1-5-30-32-23(4)19-26(18-22(2)3)25-14-16-27(17-15-25)31-28-12-9-13-29(20-28)33-21-24-10-7-6-8-11-24/h1,6-17,20,26,30-31H,2,18-19,21H2,3-4H3/b32-23-. The van der Waals surface area contributed by atoms with E-state index in [1.54, 1.807) is 0 Å². The number of nitrogens with one attached hydrogen (secondary N) is 2. The second kappa shape index (κ2) is 12.2. The molecule has 0 radical (unpaired) electrons. The molecule has 0 aliphatic rings. The van der Waals surface area contributed by atoms with Crippen LogP contribution in [-0.4, -0.2) is 5.71 Å². The summed E-state index contributed by atoms with van der Waals surface area (Å²) >= 11 is 0. The minimum absolute atomic E-state index is 0.301. The van der Waals surface area contributed by atoms with Crippen LogP contribution in [0.15, 0.2) is 96.1 Å². The van der Waals surface area contributed by atoms with Crippen molar-refractivity contribution in [3.8, 4) is 18.2 Å². The van der Waals surface area contributed by atoms with Crippen LogP contribution in [0.4, 0.5) is 11.4 Å². The molecule has 0 bridgehead atoms. The topological polar surface area (TPSA) is 45.7 Å². The minimum atomic E-state index is 0.301. The summed E-state index contributed by atoms with van der Waals surface area (Å²) in [5.74, 6) is 1.13. The quantitative estimate of drug-likeness (QED) is 0.112. The summed E-state index contributed by atoms with van der Waals surface area (Å²) < 4.78 is 5.95. The lowest BCUT2D eigenvalue weighted by Gasteiger charge is -2.18. The fourth-order valence-corrected chi connectivity index (χ4v) is 3.67. The van der Waals surface area contributed by atoms with Crippen LogP contribution in [0.5, 0.6) is 5.75 Å². The molecule has 0 saturated heterocycles. The zero-order chi connectivity index (χ0) is 23.5. The maximum absolute atomic E-state index is 5.95. The van der Waals surface area contributed by atoms with Crippen LogP contribution in [0.2, 0.25) is 0 Å². The van der Waals surface area contributed by atoms with Crippen LogP contribution >= 0.6 is 0 Å². The molecular weight excluding hydrogens is 406 g/mol. The van der Waals surface area contributed by atoms with E-state index < -0.39 is 0 Å². The summed E-state index contributed by atoms with van der Waals surface area (Å²) in [5.41, 5.74) is 9.10. The third-order valence-corrected chi connectivity index (χ3v) is 5.20. The lowest BCUT2D eigenvalue weighted by atomic mass is 9.88. The van der Waals surface area contributed by atoms with E-state index in [0.717, 1.165) is 46.8 Å². The number of hydrogen-bond donors (Lipinski definition) is 2. The molecule has 0 aliphatic heterocycles. The van der Waals surface area contributed by atoms with Crippen LogP contribution < -0.4 is 15.5 Å². The maximum Gasteiger partial charge on any atom is 0.121 e. The van der Waals surface area contributed by atoms with Crippen LogP contribution in [0.1, 0.15) is 43.7 Å². The van der Waals surface area contributed by atoms with Crippen LogP contribution in [-0.2, 0) is 6.61 Å². The number of ether oxygens (including phenoxy) is 1. The van der Waals surface area contributed by atoms with Gasteiger partial charge in [-0.15, -0.1) is 6.58 Å². The number of nitrogens with zero attached hydrogens (tertiary/aromatic N) is 1. The number of rotatable bonds is 11. The number of benzene rings is 3. The number of hydrogen-bond acceptors (Lipinski definition) is 4. The van der Waals surface area contributed by atoms with Crippen molar-refractivity contribution in [2.24, 2.45) is 5.10 Å². The van der Waals surface area contributed by atoms with Crippen molar-refractivity contribution in [2.75, 3.05) is 5.32 Å². The monoisotopic (exact) mass is 437 g/mol. The predicted molar refractivity (Wildman–Crippen MR) is 139 cm³/mol. The van der Waals surface area contributed by atoms with E-state index in [1.807, 2.05) is 49.4 Å². The Kier molecular flexibility index (Phi) is 8.73. The lowest BCUT2D eigenvalue weighted by Crippen LogP contribution is -2.08. The number of hydrazone groups is 1. The van der Waals surface area contributed by atoms with Crippen molar-refractivity contribution in [3.05, 3.63) is 102 Å². The van der Waals surface area contributed by atoms with Gasteiger partial charge >= 0.3 is 0 Å². The third-order valence-electron chi connectivity index (χ3n) is 5.20. The van der Waals surface area contributed by atoms with Gasteiger partial charge in [0.25, 0.3) is 0 Å². The van der Waals surface area contributed by atoms with E-state index in [2.05, 4.69) is 71.8 Å². The fourth-order valence-electron chi connectivity index (χ4n) is 3.67. The molecule has 33 heavy (non-hydrogen) atoms. The normalized spacial score (nSPS) is 11.8. The summed E-state index contributed by atoms with van der Waals surface area (Å²) in [7, 11) is 0. The largest absolute Gasteiger partial charge is 0.489 e. The Balaban J connectivity index is 1.65. The summed E-state index contributed by atoms with van der Waals surface area (Å²) in [5, 5.41) is 7.67. The molecule has 4 nitrogen and oxygen atoms in total. The number of terminal acetylenes is 1. The Morgan fingerprint density at radius 1 is 0.970 bits per heavy atom. The van der Waals surface area contributed by atoms with Crippen LogP contribution in [0.25, 0.3) is 0 Å². The first-order valence-electron chi connectivity index (χ1n) is 11.1. The van der Waals surface area contributed by atoms with E-state index in [1.165, 1.54) is 5.56 Å². The van der Waals surface area contributed by atoms with Gasteiger partial charge < -0.3 is 10.1 Å². The minimum Gasteiger partial charge on any atom is -0.489 e. The van der Waals surface area contributed by atoms with Crippen molar-refractivity contribution in [3.63, 3.8) is 0 Å². The molecule has 0 saturated carbocycles. The maximum atomic E-state index is 5.95. The Hall–Kier alpha value is -3.97. The van der Waals surface area contributed by atoms with Crippen molar-refractivity contribution in [1.82, 2.24) is 5.43 Å². The average molecular weight is 438 g/mol. The molecule has 1 atom stereocenters. The number of allylic oxidation sites excluding steroid dienone is 1.